The van der Waals surface area contributed by atoms with Crippen molar-refractivity contribution in [1.82, 2.24) is 18.3 Å². The van der Waals surface area contributed by atoms with Crippen molar-refractivity contribution in [2.75, 3.05) is 0 Å². The minimum Gasteiger partial charge on any atom is -0.344 e. The molecule has 0 aliphatic carbocycles. The summed E-state index contributed by atoms with van der Waals surface area (Å²) in [5.41, 5.74) is 9.80. The maximum atomic E-state index is 15.6. The van der Waals surface area contributed by atoms with Crippen LogP contribution in [0.1, 0.15) is 16.7 Å². The fourth-order valence-electron chi connectivity index (χ4n) is 11.1. The summed E-state index contributed by atoms with van der Waals surface area (Å²) in [5.74, 6) is 0. The number of rotatable bonds is 4. The molecule has 0 atom stereocenters. The summed E-state index contributed by atoms with van der Waals surface area (Å²) in [6.07, 6.45) is -4.69. The molecule has 4 aromatic heterocycles. The smallest absolute Gasteiger partial charge is 0.344 e. The van der Waals surface area contributed by atoms with Crippen molar-refractivity contribution in [3.05, 3.63) is 199 Å². The third-order valence-corrected chi connectivity index (χ3v) is 13.8. The highest BCUT2D eigenvalue weighted by Crippen LogP contribution is 2.48. The topological polar surface area (TPSA) is 43.5 Å². The van der Waals surface area contributed by atoms with Gasteiger partial charge in [-0.1, -0.05) is 115 Å². The van der Waals surface area contributed by atoms with Crippen LogP contribution in [0.15, 0.2) is 182 Å². The van der Waals surface area contributed by atoms with E-state index in [2.05, 4.69) is 97.1 Å². The first-order valence-corrected chi connectivity index (χ1v) is 21.9. The molecule has 0 amide bonds. The standard InChI is InChI=1S/C58H36F3N5/c1-34-15-14-22-44(58(59,60)61)53(34)43-32-51(65-46-24-11-6-18-37(46)39-27-29-49-54(56(39)65)41-20-8-10-23-45(41)63(49)2)35(33-62)31-52(43)66-47-25-12-7-19-38(47)40-28-30-50-55(57(40)66)42-21-9-13-26-48(42)64(50)36-16-4-3-5-17-36/h3-32H,1-2H3. The van der Waals surface area contributed by atoms with Crippen LogP contribution in [0.25, 0.3) is 115 Å². The van der Waals surface area contributed by atoms with Crippen molar-refractivity contribution < 1.29 is 13.2 Å². The molecule has 8 heteroatoms. The van der Waals surface area contributed by atoms with Crippen LogP contribution in [0, 0.1) is 18.3 Å². The average Bonchev–Trinajstić information content (AvgIpc) is 4.06. The summed E-state index contributed by atoms with van der Waals surface area (Å²) in [6.45, 7) is 1.74. The van der Waals surface area contributed by atoms with Gasteiger partial charge in [0.25, 0.3) is 0 Å². The molecule has 13 rings (SSSR count). The number of benzene rings is 9. The molecule has 0 bridgehead atoms. The third kappa shape index (κ3) is 5.11. The van der Waals surface area contributed by atoms with Gasteiger partial charge in [0.15, 0.2) is 0 Å². The van der Waals surface area contributed by atoms with Gasteiger partial charge in [-0.05, 0) is 84.8 Å². The van der Waals surface area contributed by atoms with Crippen LogP contribution in [0.3, 0.4) is 0 Å². The van der Waals surface area contributed by atoms with Crippen LogP contribution in [0.5, 0.6) is 0 Å². The minimum atomic E-state index is -4.69. The Bertz CT molecular complexity index is 4250. The summed E-state index contributed by atoms with van der Waals surface area (Å²) in [7, 11) is 2.05. The van der Waals surface area contributed by atoms with Gasteiger partial charge in [-0.25, -0.2) is 0 Å². The van der Waals surface area contributed by atoms with Crippen molar-refractivity contribution in [3.8, 4) is 34.3 Å². The minimum absolute atomic E-state index is 0.0617. The van der Waals surface area contributed by atoms with Crippen LogP contribution in [0.2, 0.25) is 0 Å². The Kier molecular flexibility index (Phi) is 7.90. The monoisotopic (exact) mass is 859 g/mol. The van der Waals surface area contributed by atoms with E-state index in [1.165, 1.54) is 12.1 Å². The fraction of sp³-hybridized carbons (Fsp3) is 0.0517. The lowest BCUT2D eigenvalue weighted by Crippen LogP contribution is -2.10. The van der Waals surface area contributed by atoms with E-state index in [9.17, 15) is 5.26 Å². The van der Waals surface area contributed by atoms with Crippen molar-refractivity contribution in [3.63, 3.8) is 0 Å². The quantitative estimate of drug-likeness (QED) is 0.174. The van der Waals surface area contributed by atoms with E-state index in [0.717, 1.165) is 92.9 Å². The molecule has 13 aromatic rings. The Morgan fingerprint density at radius 2 is 0.970 bits per heavy atom. The molecular weight excluding hydrogens is 824 g/mol. The lowest BCUT2D eigenvalue weighted by molar-refractivity contribution is -0.137. The maximum Gasteiger partial charge on any atom is 0.417 e. The van der Waals surface area contributed by atoms with Crippen molar-refractivity contribution in [2.24, 2.45) is 7.05 Å². The lowest BCUT2D eigenvalue weighted by atomic mass is 9.91. The summed E-state index contributed by atoms with van der Waals surface area (Å²) in [6, 6.07) is 62.0. The molecule has 0 saturated carbocycles. The molecule has 0 saturated heterocycles. The van der Waals surface area contributed by atoms with Crippen LogP contribution in [-0.4, -0.2) is 18.3 Å². The Morgan fingerprint density at radius 1 is 0.455 bits per heavy atom. The first-order valence-electron chi connectivity index (χ1n) is 21.9. The van der Waals surface area contributed by atoms with Gasteiger partial charge in [-0.15, -0.1) is 0 Å². The molecule has 9 aromatic carbocycles. The van der Waals surface area contributed by atoms with Gasteiger partial charge in [0.1, 0.15) is 6.07 Å². The normalized spacial score (nSPS) is 12.3. The number of halogens is 3. The predicted octanol–water partition coefficient (Wildman–Crippen LogP) is 15.5. The molecule has 314 valence electrons. The highest BCUT2D eigenvalue weighted by Gasteiger charge is 2.36. The molecule has 0 radical (unpaired) electrons. The van der Waals surface area contributed by atoms with Gasteiger partial charge in [-0.2, -0.15) is 18.4 Å². The molecular formula is C58H36F3N5. The van der Waals surface area contributed by atoms with Gasteiger partial charge < -0.3 is 18.3 Å². The average molecular weight is 860 g/mol. The third-order valence-electron chi connectivity index (χ3n) is 13.8. The first kappa shape index (κ1) is 38.0. The predicted molar refractivity (Wildman–Crippen MR) is 263 cm³/mol. The maximum absolute atomic E-state index is 15.6. The highest BCUT2D eigenvalue weighted by atomic mass is 19.4. The van der Waals surface area contributed by atoms with Gasteiger partial charge in [0.2, 0.25) is 0 Å². The van der Waals surface area contributed by atoms with Crippen LogP contribution < -0.4 is 0 Å². The van der Waals surface area contributed by atoms with Gasteiger partial charge in [0, 0.05) is 66.9 Å². The second-order valence-corrected chi connectivity index (χ2v) is 17.2. The number of nitrogens with zero attached hydrogens (tertiary/aromatic N) is 5. The molecule has 0 aliphatic rings. The molecule has 0 fully saturated rings. The molecule has 0 N–H and O–H groups in total. The lowest BCUT2D eigenvalue weighted by Gasteiger charge is -2.22. The number of hydrogen-bond acceptors (Lipinski definition) is 1. The number of hydrogen-bond donors (Lipinski definition) is 0. The number of aryl methyl sites for hydroxylation is 2. The molecule has 0 unspecified atom stereocenters. The van der Waals surface area contributed by atoms with E-state index in [1.54, 1.807) is 13.0 Å². The zero-order valence-corrected chi connectivity index (χ0v) is 35.7. The zero-order valence-electron chi connectivity index (χ0n) is 35.7. The Balaban J connectivity index is 1.25. The van der Waals surface area contributed by atoms with E-state index < -0.39 is 11.7 Å². The SMILES string of the molecule is Cc1cccc(C(F)(F)F)c1-c1cc(-n2c3ccccc3c3ccc4c(c5ccccc5n4C)c32)c(C#N)cc1-n1c2ccccc2c2ccc3c(c4ccccc4n3-c3ccccc3)c21. The molecule has 66 heavy (non-hydrogen) atoms. The molecule has 4 heterocycles. The van der Waals surface area contributed by atoms with Gasteiger partial charge in [-0.3, -0.25) is 0 Å². The summed E-state index contributed by atoms with van der Waals surface area (Å²) < 4.78 is 55.5. The second kappa shape index (κ2) is 13.7. The van der Waals surface area contributed by atoms with Crippen molar-refractivity contribution in [2.45, 2.75) is 13.1 Å². The number of para-hydroxylation sites is 5. The van der Waals surface area contributed by atoms with E-state index in [0.29, 0.717) is 28.1 Å². The van der Waals surface area contributed by atoms with E-state index >= 15 is 13.2 Å². The van der Waals surface area contributed by atoms with Crippen molar-refractivity contribution >= 4 is 87.2 Å². The van der Waals surface area contributed by atoms with Crippen LogP contribution in [0.4, 0.5) is 13.2 Å². The Morgan fingerprint density at radius 3 is 1.59 bits per heavy atom. The van der Waals surface area contributed by atoms with Gasteiger partial charge in [0.05, 0.1) is 61.1 Å². The summed E-state index contributed by atoms with van der Waals surface area (Å²) in [4.78, 5) is 0. The van der Waals surface area contributed by atoms with Crippen LogP contribution in [-0.2, 0) is 13.2 Å². The van der Waals surface area contributed by atoms with E-state index in [4.69, 9.17) is 0 Å². The van der Waals surface area contributed by atoms with E-state index in [1.807, 2.05) is 98.0 Å². The Labute approximate surface area is 375 Å². The summed E-state index contributed by atoms with van der Waals surface area (Å²) in [5, 5.41) is 19.3. The summed E-state index contributed by atoms with van der Waals surface area (Å²) >= 11 is 0. The highest BCUT2D eigenvalue weighted by molar-refractivity contribution is 6.27. The Hall–Kier alpha value is -8.54. The first-order chi connectivity index (χ1) is 32.2. The largest absolute Gasteiger partial charge is 0.417 e. The fourth-order valence-corrected chi connectivity index (χ4v) is 11.1. The second-order valence-electron chi connectivity index (χ2n) is 17.2. The van der Waals surface area contributed by atoms with E-state index in [-0.39, 0.29) is 5.56 Å². The number of fused-ring (bicyclic) bond motifs is 14. The zero-order chi connectivity index (χ0) is 44.6. The molecule has 5 nitrogen and oxygen atoms in total. The number of alkyl halides is 3. The van der Waals surface area contributed by atoms with Crippen LogP contribution >= 0.6 is 0 Å². The number of aromatic nitrogens is 4. The van der Waals surface area contributed by atoms with Crippen molar-refractivity contribution in [1.29, 1.82) is 5.26 Å². The molecule has 0 spiro atoms. The molecule has 0 aliphatic heterocycles. The van der Waals surface area contributed by atoms with Gasteiger partial charge >= 0.3 is 6.18 Å². The number of nitriles is 1.